The van der Waals surface area contributed by atoms with Crippen LogP contribution >= 0.6 is 0 Å². The highest BCUT2D eigenvalue weighted by Gasteiger charge is 2.43. The van der Waals surface area contributed by atoms with Crippen LogP contribution < -0.4 is 4.74 Å². The largest absolute Gasteiger partial charge is 0.484 e. The summed E-state index contributed by atoms with van der Waals surface area (Å²) in [5, 5.41) is 0. The third-order valence-electron chi connectivity index (χ3n) is 5.69. The Bertz CT molecular complexity index is 1040. The Kier molecular flexibility index (Phi) is 4.46. The molecule has 3 heterocycles. The molecule has 1 aromatic heterocycles. The Balaban J connectivity index is 1.34. The lowest BCUT2D eigenvalue weighted by Gasteiger charge is -2.35. The molecule has 0 aliphatic carbocycles. The summed E-state index contributed by atoms with van der Waals surface area (Å²) in [5.41, 5.74) is 3.07. The monoisotopic (exact) mass is 389 g/mol. The van der Waals surface area contributed by atoms with Gasteiger partial charge in [0.25, 0.3) is 5.91 Å². The minimum absolute atomic E-state index is 0.00195. The molecular weight excluding hydrogens is 369 g/mol. The van der Waals surface area contributed by atoms with Gasteiger partial charge in [0.15, 0.2) is 12.4 Å². The van der Waals surface area contributed by atoms with Crippen molar-refractivity contribution in [3.05, 3.63) is 77.9 Å². The van der Waals surface area contributed by atoms with Crippen LogP contribution in [-0.2, 0) is 11.2 Å². The standard InChI is InChI=1S/C23H20FN3O2/c24-16-6-9-18(10-7-16)29-14-22(28)27-17-8-11-21(27)19-13-25-23(26-20(19)12-17)15-4-2-1-3-5-15/h1-7,9-10,13,17,21H,8,11-12,14H2. The SMILES string of the molecule is O=C(COc1ccc(F)cc1)N1C2CCC1c1cnc(-c3ccccc3)nc1C2. The van der Waals surface area contributed by atoms with Gasteiger partial charge in [0.1, 0.15) is 11.6 Å². The van der Waals surface area contributed by atoms with Crippen molar-refractivity contribution in [1.29, 1.82) is 0 Å². The molecule has 2 aliphatic heterocycles. The second-order valence-electron chi connectivity index (χ2n) is 7.46. The fraction of sp³-hybridized carbons (Fsp3) is 0.261. The molecule has 2 unspecified atom stereocenters. The van der Waals surface area contributed by atoms with Gasteiger partial charge >= 0.3 is 0 Å². The number of benzene rings is 2. The molecule has 0 saturated carbocycles. The number of carbonyl (C=O) groups excluding carboxylic acids is 1. The van der Waals surface area contributed by atoms with Crippen molar-refractivity contribution in [2.45, 2.75) is 31.3 Å². The van der Waals surface area contributed by atoms with E-state index < -0.39 is 0 Å². The molecule has 29 heavy (non-hydrogen) atoms. The zero-order valence-corrected chi connectivity index (χ0v) is 15.8. The van der Waals surface area contributed by atoms with E-state index in [4.69, 9.17) is 9.72 Å². The van der Waals surface area contributed by atoms with Crippen LogP contribution in [0.3, 0.4) is 0 Å². The van der Waals surface area contributed by atoms with E-state index in [0.717, 1.165) is 41.9 Å². The second kappa shape index (κ2) is 7.28. The number of carbonyl (C=O) groups is 1. The molecule has 1 fully saturated rings. The van der Waals surface area contributed by atoms with Crippen LogP contribution in [0, 0.1) is 5.82 Å². The molecular formula is C23H20FN3O2. The molecule has 6 heteroatoms. The molecule has 0 spiro atoms. The number of nitrogens with zero attached hydrogens (tertiary/aromatic N) is 3. The first-order valence-corrected chi connectivity index (χ1v) is 9.80. The summed E-state index contributed by atoms with van der Waals surface area (Å²) in [6, 6.07) is 15.8. The summed E-state index contributed by atoms with van der Waals surface area (Å²) in [6.07, 6.45) is 4.46. The Morgan fingerprint density at radius 1 is 1.10 bits per heavy atom. The van der Waals surface area contributed by atoms with Gasteiger partial charge in [0, 0.05) is 29.8 Å². The van der Waals surface area contributed by atoms with Gasteiger partial charge in [-0.25, -0.2) is 14.4 Å². The van der Waals surface area contributed by atoms with Crippen molar-refractivity contribution in [2.24, 2.45) is 0 Å². The van der Waals surface area contributed by atoms with Crippen LogP contribution in [0.2, 0.25) is 0 Å². The van der Waals surface area contributed by atoms with Crippen molar-refractivity contribution in [2.75, 3.05) is 6.61 Å². The number of amides is 1. The summed E-state index contributed by atoms with van der Waals surface area (Å²) in [4.78, 5) is 24.2. The summed E-state index contributed by atoms with van der Waals surface area (Å²) >= 11 is 0. The lowest BCUT2D eigenvalue weighted by Crippen LogP contribution is -2.44. The van der Waals surface area contributed by atoms with E-state index in [1.165, 1.54) is 24.3 Å². The van der Waals surface area contributed by atoms with Gasteiger partial charge in [-0.3, -0.25) is 4.79 Å². The average molecular weight is 389 g/mol. The Morgan fingerprint density at radius 2 is 1.90 bits per heavy atom. The lowest BCUT2D eigenvalue weighted by molar-refractivity contribution is -0.137. The van der Waals surface area contributed by atoms with Crippen LogP contribution in [0.25, 0.3) is 11.4 Å². The van der Waals surface area contributed by atoms with Crippen LogP contribution in [0.5, 0.6) is 5.75 Å². The number of rotatable bonds is 4. The van der Waals surface area contributed by atoms with Gasteiger partial charge in [-0.2, -0.15) is 0 Å². The van der Waals surface area contributed by atoms with Crippen molar-refractivity contribution in [1.82, 2.24) is 14.9 Å². The number of ether oxygens (including phenoxy) is 1. The predicted molar refractivity (Wildman–Crippen MR) is 106 cm³/mol. The van der Waals surface area contributed by atoms with Gasteiger partial charge in [0.2, 0.25) is 0 Å². The predicted octanol–water partition coefficient (Wildman–Crippen LogP) is 3.95. The van der Waals surface area contributed by atoms with Gasteiger partial charge in [-0.05, 0) is 37.1 Å². The molecule has 2 bridgehead atoms. The third-order valence-corrected chi connectivity index (χ3v) is 5.69. The number of fused-ring (bicyclic) bond motifs is 4. The highest BCUT2D eigenvalue weighted by atomic mass is 19.1. The number of aromatic nitrogens is 2. The topological polar surface area (TPSA) is 55.3 Å². The van der Waals surface area contributed by atoms with E-state index in [1.54, 1.807) is 0 Å². The van der Waals surface area contributed by atoms with Crippen LogP contribution in [0.1, 0.15) is 30.1 Å². The Morgan fingerprint density at radius 3 is 2.69 bits per heavy atom. The van der Waals surface area contributed by atoms with Crippen LogP contribution in [0.4, 0.5) is 4.39 Å². The maximum atomic E-state index is 13.0. The average Bonchev–Trinajstić information content (AvgIpc) is 3.08. The summed E-state index contributed by atoms with van der Waals surface area (Å²) in [6.45, 7) is -0.0586. The summed E-state index contributed by atoms with van der Waals surface area (Å²) in [7, 11) is 0. The highest BCUT2D eigenvalue weighted by Crippen LogP contribution is 2.43. The molecule has 1 saturated heterocycles. The number of hydrogen-bond donors (Lipinski definition) is 0. The maximum Gasteiger partial charge on any atom is 0.261 e. The minimum atomic E-state index is -0.329. The van der Waals surface area contributed by atoms with Crippen LogP contribution in [-0.4, -0.2) is 33.4 Å². The molecule has 146 valence electrons. The first-order valence-electron chi connectivity index (χ1n) is 9.80. The third kappa shape index (κ3) is 3.35. The molecule has 5 rings (SSSR count). The zero-order chi connectivity index (χ0) is 19.8. The first kappa shape index (κ1) is 17.8. The normalized spacial score (nSPS) is 19.7. The van der Waals surface area contributed by atoms with Gasteiger partial charge < -0.3 is 9.64 Å². The van der Waals surface area contributed by atoms with E-state index in [2.05, 4.69) is 4.98 Å². The van der Waals surface area contributed by atoms with E-state index in [-0.39, 0.29) is 30.4 Å². The molecule has 5 nitrogen and oxygen atoms in total. The van der Waals surface area contributed by atoms with Crippen molar-refractivity contribution in [3.63, 3.8) is 0 Å². The molecule has 1 amide bonds. The fourth-order valence-corrected chi connectivity index (χ4v) is 4.33. The van der Waals surface area contributed by atoms with Gasteiger partial charge in [-0.1, -0.05) is 30.3 Å². The fourth-order valence-electron chi connectivity index (χ4n) is 4.33. The van der Waals surface area contributed by atoms with Gasteiger partial charge in [0.05, 0.1) is 11.7 Å². The van der Waals surface area contributed by atoms with E-state index in [9.17, 15) is 9.18 Å². The molecule has 0 radical (unpaired) electrons. The lowest BCUT2D eigenvalue weighted by atomic mass is 9.99. The smallest absolute Gasteiger partial charge is 0.261 e. The van der Waals surface area contributed by atoms with Crippen molar-refractivity contribution >= 4 is 5.91 Å². The van der Waals surface area contributed by atoms with Gasteiger partial charge in [-0.15, -0.1) is 0 Å². The van der Waals surface area contributed by atoms with Crippen LogP contribution in [0.15, 0.2) is 60.8 Å². The summed E-state index contributed by atoms with van der Waals surface area (Å²) in [5.74, 6) is 0.826. The quantitative estimate of drug-likeness (QED) is 0.678. The van der Waals surface area contributed by atoms with E-state index in [0.29, 0.717) is 5.75 Å². The second-order valence-corrected chi connectivity index (χ2v) is 7.46. The Hall–Kier alpha value is -3.28. The van der Waals surface area contributed by atoms with Crippen molar-refractivity contribution in [3.8, 4) is 17.1 Å². The van der Waals surface area contributed by atoms with Crippen molar-refractivity contribution < 1.29 is 13.9 Å². The van der Waals surface area contributed by atoms with E-state index >= 15 is 0 Å². The van der Waals surface area contributed by atoms with E-state index in [1.807, 2.05) is 41.4 Å². The summed E-state index contributed by atoms with van der Waals surface area (Å²) < 4.78 is 18.6. The molecule has 2 aliphatic rings. The maximum absolute atomic E-state index is 13.0. The molecule has 3 aromatic rings. The molecule has 0 N–H and O–H groups in total. The highest BCUT2D eigenvalue weighted by molar-refractivity contribution is 5.79. The first-order chi connectivity index (χ1) is 14.2. The Labute approximate surface area is 168 Å². The number of halogens is 1. The number of hydrogen-bond acceptors (Lipinski definition) is 4. The zero-order valence-electron chi connectivity index (χ0n) is 15.8. The molecule has 2 atom stereocenters. The minimum Gasteiger partial charge on any atom is -0.484 e. The molecule has 2 aromatic carbocycles.